The van der Waals surface area contributed by atoms with Crippen molar-refractivity contribution in [3.63, 3.8) is 0 Å². The molecule has 1 saturated heterocycles. The van der Waals surface area contributed by atoms with Crippen LogP contribution in [0.4, 0.5) is 0 Å². The molecule has 0 aliphatic carbocycles. The molecular formula is C11H14N2O2S. The van der Waals surface area contributed by atoms with Crippen LogP contribution in [0.15, 0.2) is 22.6 Å². The second kappa shape index (κ2) is 5.32. The van der Waals surface area contributed by atoms with Crippen molar-refractivity contribution >= 4 is 23.0 Å². The van der Waals surface area contributed by atoms with Gasteiger partial charge in [0.05, 0.1) is 0 Å². The van der Waals surface area contributed by atoms with Crippen molar-refractivity contribution in [3.8, 4) is 0 Å². The van der Waals surface area contributed by atoms with E-state index in [1.807, 2.05) is 6.08 Å². The standard InChI is InChI=1S/C11H14N2O2S/c1-8(14)16-11-2-3-12-5-9(11)4-10-6-15-7-13-10/h4,6-7,11-12H,2-3,5H2,1H3/b9-4-. The van der Waals surface area contributed by atoms with E-state index in [-0.39, 0.29) is 10.4 Å². The van der Waals surface area contributed by atoms with E-state index in [0.717, 1.165) is 25.2 Å². The first-order valence-corrected chi connectivity index (χ1v) is 6.10. The number of hydrogen-bond donors (Lipinski definition) is 1. The lowest BCUT2D eigenvalue weighted by Crippen LogP contribution is -2.32. The molecule has 1 fully saturated rings. The number of piperidine rings is 1. The molecule has 2 rings (SSSR count). The van der Waals surface area contributed by atoms with Crippen molar-refractivity contribution in [2.24, 2.45) is 0 Å². The van der Waals surface area contributed by atoms with Crippen molar-refractivity contribution in [2.75, 3.05) is 13.1 Å². The first-order valence-electron chi connectivity index (χ1n) is 5.22. The maximum atomic E-state index is 11.1. The number of aromatic nitrogens is 1. The van der Waals surface area contributed by atoms with E-state index in [1.165, 1.54) is 23.7 Å². The Hall–Kier alpha value is -1.07. The number of oxazole rings is 1. The summed E-state index contributed by atoms with van der Waals surface area (Å²) in [5.74, 6) is 0. The Morgan fingerprint density at radius 1 is 1.75 bits per heavy atom. The largest absolute Gasteiger partial charge is 0.451 e. The second-order valence-corrected chi connectivity index (χ2v) is 5.08. The van der Waals surface area contributed by atoms with Gasteiger partial charge in [0.2, 0.25) is 0 Å². The number of rotatable bonds is 2. The first kappa shape index (κ1) is 11.4. The number of nitrogens with zero attached hydrogens (tertiary/aromatic N) is 1. The molecule has 1 atom stereocenters. The van der Waals surface area contributed by atoms with Gasteiger partial charge in [-0.15, -0.1) is 0 Å². The van der Waals surface area contributed by atoms with Crippen molar-refractivity contribution < 1.29 is 9.21 Å². The first-order chi connectivity index (χ1) is 7.75. The summed E-state index contributed by atoms with van der Waals surface area (Å²) in [5, 5.41) is 3.74. The number of nitrogens with one attached hydrogen (secondary N) is 1. The molecule has 16 heavy (non-hydrogen) atoms. The predicted octanol–water partition coefficient (Wildman–Crippen LogP) is 1.70. The lowest BCUT2D eigenvalue weighted by molar-refractivity contribution is -0.109. The molecule has 1 aromatic heterocycles. The van der Waals surface area contributed by atoms with Crippen LogP contribution in [0.1, 0.15) is 19.0 Å². The summed E-state index contributed by atoms with van der Waals surface area (Å²) < 4.78 is 4.92. The Labute approximate surface area is 98.5 Å². The van der Waals surface area contributed by atoms with Crippen molar-refractivity contribution in [2.45, 2.75) is 18.6 Å². The van der Waals surface area contributed by atoms with Gasteiger partial charge in [-0.25, -0.2) is 4.98 Å². The van der Waals surface area contributed by atoms with Crippen LogP contribution in [0.3, 0.4) is 0 Å². The summed E-state index contributed by atoms with van der Waals surface area (Å²) >= 11 is 1.40. The zero-order chi connectivity index (χ0) is 11.4. The maximum Gasteiger partial charge on any atom is 0.186 e. The van der Waals surface area contributed by atoms with Crippen molar-refractivity contribution in [1.29, 1.82) is 0 Å². The molecule has 1 aromatic rings. The van der Waals surface area contributed by atoms with Gasteiger partial charge in [-0.05, 0) is 24.6 Å². The maximum absolute atomic E-state index is 11.1. The summed E-state index contributed by atoms with van der Waals surface area (Å²) in [7, 11) is 0. The molecule has 0 amide bonds. The minimum atomic E-state index is 0.165. The number of hydrogen-bond acceptors (Lipinski definition) is 5. The van der Waals surface area contributed by atoms with Crippen LogP contribution < -0.4 is 5.32 Å². The van der Waals surface area contributed by atoms with Crippen LogP contribution in [-0.2, 0) is 4.79 Å². The smallest absolute Gasteiger partial charge is 0.186 e. The highest BCUT2D eigenvalue weighted by Crippen LogP contribution is 2.26. The molecular weight excluding hydrogens is 224 g/mol. The summed E-state index contributed by atoms with van der Waals surface area (Å²) in [5.41, 5.74) is 2.02. The van der Waals surface area contributed by atoms with Crippen LogP contribution in [0, 0.1) is 0 Å². The quantitative estimate of drug-likeness (QED) is 0.850. The van der Waals surface area contributed by atoms with Gasteiger partial charge in [0.1, 0.15) is 12.0 Å². The summed E-state index contributed by atoms with van der Waals surface area (Å²) in [6.45, 7) is 3.39. The summed E-state index contributed by atoms with van der Waals surface area (Å²) in [4.78, 5) is 15.2. The van der Waals surface area contributed by atoms with Gasteiger partial charge in [0, 0.05) is 18.7 Å². The van der Waals surface area contributed by atoms with Crippen LogP contribution in [0.25, 0.3) is 6.08 Å². The average Bonchev–Trinajstić information content (AvgIpc) is 2.73. The molecule has 86 valence electrons. The zero-order valence-electron chi connectivity index (χ0n) is 9.10. The molecule has 1 unspecified atom stereocenters. The van der Waals surface area contributed by atoms with Gasteiger partial charge in [0.25, 0.3) is 0 Å². The third kappa shape index (κ3) is 2.96. The zero-order valence-corrected chi connectivity index (χ0v) is 9.92. The van der Waals surface area contributed by atoms with Gasteiger partial charge in [-0.2, -0.15) is 0 Å². The number of thioether (sulfide) groups is 1. The Balaban J connectivity index is 2.12. The average molecular weight is 238 g/mol. The topological polar surface area (TPSA) is 55.1 Å². The lowest BCUT2D eigenvalue weighted by atomic mass is 10.1. The van der Waals surface area contributed by atoms with E-state index < -0.39 is 0 Å². The summed E-state index contributed by atoms with van der Waals surface area (Å²) in [6.07, 6.45) is 6.00. The Bertz CT molecular complexity index is 387. The van der Waals surface area contributed by atoms with Crippen LogP contribution in [-0.4, -0.2) is 28.4 Å². The summed E-state index contributed by atoms with van der Waals surface area (Å²) in [6, 6.07) is 0. The molecule has 0 spiro atoms. The van der Waals surface area contributed by atoms with Crippen molar-refractivity contribution in [3.05, 3.63) is 23.9 Å². The molecule has 4 nitrogen and oxygen atoms in total. The molecule has 0 bridgehead atoms. The van der Waals surface area contributed by atoms with Crippen LogP contribution >= 0.6 is 11.8 Å². The molecule has 2 heterocycles. The Morgan fingerprint density at radius 2 is 2.62 bits per heavy atom. The minimum Gasteiger partial charge on any atom is -0.451 e. The van der Waals surface area contributed by atoms with Crippen LogP contribution in [0.2, 0.25) is 0 Å². The van der Waals surface area contributed by atoms with Gasteiger partial charge in [-0.3, -0.25) is 4.79 Å². The van der Waals surface area contributed by atoms with Gasteiger partial charge in [-0.1, -0.05) is 11.8 Å². The Morgan fingerprint density at radius 3 is 3.31 bits per heavy atom. The third-order valence-electron chi connectivity index (χ3n) is 2.42. The molecule has 1 aliphatic rings. The van der Waals surface area contributed by atoms with Gasteiger partial charge in [0.15, 0.2) is 11.5 Å². The van der Waals surface area contributed by atoms with Gasteiger partial charge < -0.3 is 9.73 Å². The molecule has 0 radical (unpaired) electrons. The fraction of sp³-hybridized carbons (Fsp3) is 0.455. The van der Waals surface area contributed by atoms with E-state index in [2.05, 4.69) is 10.3 Å². The van der Waals surface area contributed by atoms with Gasteiger partial charge >= 0.3 is 0 Å². The monoisotopic (exact) mass is 238 g/mol. The normalized spacial score (nSPS) is 23.6. The lowest BCUT2D eigenvalue weighted by Gasteiger charge is -2.24. The third-order valence-corrected chi connectivity index (χ3v) is 3.57. The minimum absolute atomic E-state index is 0.165. The van der Waals surface area contributed by atoms with E-state index in [4.69, 9.17) is 4.42 Å². The predicted molar refractivity (Wildman–Crippen MR) is 64.0 cm³/mol. The SMILES string of the molecule is CC(=O)SC1CCNC/C1=C/c1cocn1. The highest BCUT2D eigenvalue weighted by molar-refractivity contribution is 8.14. The van der Waals surface area contributed by atoms with Crippen molar-refractivity contribution in [1.82, 2.24) is 10.3 Å². The molecule has 1 N–H and O–H groups in total. The number of carbonyl (C=O) groups is 1. The fourth-order valence-corrected chi connectivity index (χ4v) is 2.67. The number of carbonyl (C=O) groups excluding carboxylic acids is 1. The molecule has 0 saturated carbocycles. The molecule has 0 aromatic carbocycles. The van der Waals surface area contributed by atoms with E-state index in [9.17, 15) is 4.79 Å². The van der Waals surface area contributed by atoms with Crippen LogP contribution in [0.5, 0.6) is 0 Å². The highest BCUT2D eigenvalue weighted by Gasteiger charge is 2.20. The second-order valence-electron chi connectivity index (χ2n) is 3.70. The van der Waals surface area contributed by atoms with E-state index in [0.29, 0.717) is 0 Å². The Kier molecular flexibility index (Phi) is 3.79. The molecule has 5 heteroatoms. The highest BCUT2D eigenvalue weighted by atomic mass is 32.2. The molecule has 1 aliphatic heterocycles. The van der Waals surface area contributed by atoms with E-state index in [1.54, 1.807) is 13.2 Å². The van der Waals surface area contributed by atoms with E-state index >= 15 is 0 Å². The fourth-order valence-electron chi connectivity index (χ4n) is 1.73.